The van der Waals surface area contributed by atoms with Crippen molar-refractivity contribution in [1.82, 2.24) is 10.2 Å². The van der Waals surface area contributed by atoms with E-state index in [1.165, 1.54) is 0 Å². The first-order chi connectivity index (χ1) is 10.8. The molecule has 6 heteroatoms. The second-order valence-corrected chi connectivity index (χ2v) is 5.47. The third-order valence-electron chi connectivity index (χ3n) is 3.69. The summed E-state index contributed by atoms with van der Waals surface area (Å²) in [6.45, 7) is 9.24. The molecule has 0 bridgehead atoms. The summed E-state index contributed by atoms with van der Waals surface area (Å²) in [7, 11) is 0. The normalized spacial score (nSPS) is 18.9. The SMILES string of the molecule is CCCOC1=CC(N2CCNCC2)=C(OCCC)CC1=[N+]=[N-]. The highest BCUT2D eigenvalue weighted by Gasteiger charge is 2.30. The Morgan fingerprint density at radius 1 is 1.18 bits per heavy atom. The van der Waals surface area contributed by atoms with Crippen LogP contribution in [-0.4, -0.2) is 54.8 Å². The van der Waals surface area contributed by atoms with E-state index in [2.05, 4.69) is 28.9 Å². The predicted molar refractivity (Wildman–Crippen MR) is 85.3 cm³/mol. The first kappa shape index (κ1) is 16.6. The largest absolute Gasteiger partial charge is 0.495 e. The maximum atomic E-state index is 9.27. The highest BCUT2D eigenvalue weighted by Crippen LogP contribution is 2.26. The first-order valence-electron chi connectivity index (χ1n) is 8.17. The van der Waals surface area contributed by atoms with Gasteiger partial charge in [0.25, 0.3) is 0 Å². The second kappa shape index (κ2) is 8.61. The van der Waals surface area contributed by atoms with Crippen LogP contribution in [0, 0.1) is 0 Å². The molecule has 0 saturated carbocycles. The molecular formula is C16H26N4O2. The van der Waals surface area contributed by atoms with Crippen LogP contribution in [0.5, 0.6) is 0 Å². The van der Waals surface area contributed by atoms with Gasteiger partial charge in [-0.2, -0.15) is 4.79 Å². The summed E-state index contributed by atoms with van der Waals surface area (Å²) >= 11 is 0. The molecule has 1 saturated heterocycles. The number of hydrogen-bond donors (Lipinski definition) is 1. The van der Waals surface area contributed by atoms with Crippen molar-refractivity contribution in [1.29, 1.82) is 0 Å². The molecule has 2 rings (SSSR count). The van der Waals surface area contributed by atoms with Gasteiger partial charge in [-0.25, -0.2) is 0 Å². The van der Waals surface area contributed by atoms with Gasteiger partial charge < -0.3 is 25.2 Å². The Bertz CT molecular complexity index is 486. The van der Waals surface area contributed by atoms with Crippen LogP contribution in [0.25, 0.3) is 5.53 Å². The summed E-state index contributed by atoms with van der Waals surface area (Å²) in [6.07, 6.45) is 4.31. The van der Waals surface area contributed by atoms with Crippen molar-refractivity contribution in [2.45, 2.75) is 33.1 Å². The summed E-state index contributed by atoms with van der Waals surface area (Å²) < 4.78 is 11.7. The zero-order chi connectivity index (χ0) is 15.8. The monoisotopic (exact) mass is 306 g/mol. The number of rotatable bonds is 7. The average molecular weight is 306 g/mol. The van der Waals surface area contributed by atoms with Gasteiger partial charge in [0.15, 0.2) is 0 Å². The number of ether oxygens (including phenoxy) is 2. The molecule has 2 aliphatic rings. The number of allylic oxidation sites excluding steroid dienone is 3. The smallest absolute Gasteiger partial charge is 0.341 e. The molecular weight excluding hydrogens is 280 g/mol. The van der Waals surface area contributed by atoms with Crippen LogP contribution in [0.2, 0.25) is 0 Å². The van der Waals surface area contributed by atoms with Crippen molar-refractivity contribution in [2.75, 3.05) is 39.4 Å². The van der Waals surface area contributed by atoms with Crippen molar-refractivity contribution < 1.29 is 14.3 Å². The van der Waals surface area contributed by atoms with Crippen molar-refractivity contribution in [2.24, 2.45) is 0 Å². The molecule has 1 N–H and O–H groups in total. The van der Waals surface area contributed by atoms with Crippen molar-refractivity contribution in [3.05, 3.63) is 28.8 Å². The molecule has 1 aliphatic heterocycles. The molecule has 1 fully saturated rings. The zero-order valence-corrected chi connectivity index (χ0v) is 13.6. The van der Waals surface area contributed by atoms with E-state index in [9.17, 15) is 5.53 Å². The van der Waals surface area contributed by atoms with E-state index < -0.39 is 0 Å². The van der Waals surface area contributed by atoms with E-state index in [0.29, 0.717) is 31.1 Å². The average Bonchev–Trinajstić information content (AvgIpc) is 2.58. The van der Waals surface area contributed by atoms with Crippen LogP contribution in [0.4, 0.5) is 0 Å². The Morgan fingerprint density at radius 2 is 1.86 bits per heavy atom. The van der Waals surface area contributed by atoms with Gasteiger partial charge in [0.05, 0.1) is 18.9 Å². The molecule has 0 atom stereocenters. The summed E-state index contributed by atoms with van der Waals surface area (Å²) in [4.78, 5) is 5.71. The molecule has 0 aromatic carbocycles. The fourth-order valence-corrected chi connectivity index (χ4v) is 2.56. The second-order valence-electron chi connectivity index (χ2n) is 5.47. The van der Waals surface area contributed by atoms with Crippen molar-refractivity contribution in [3.63, 3.8) is 0 Å². The van der Waals surface area contributed by atoms with Crippen molar-refractivity contribution in [3.8, 4) is 0 Å². The van der Waals surface area contributed by atoms with Crippen LogP contribution in [0.1, 0.15) is 33.1 Å². The summed E-state index contributed by atoms with van der Waals surface area (Å²) in [5.41, 5.74) is 10.9. The Balaban J connectivity index is 2.27. The maximum Gasteiger partial charge on any atom is 0.341 e. The van der Waals surface area contributed by atoms with E-state index in [0.717, 1.165) is 50.5 Å². The lowest BCUT2D eigenvalue weighted by molar-refractivity contribution is -0.0141. The molecule has 0 aromatic heterocycles. The lowest BCUT2D eigenvalue weighted by atomic mass is 10.0. The van der Waals surface area contributed by atoms with Gasteiger partial charge in [0.2, 0.25) is 5.76 Å². The van der Waals surface area contributed by atoms with Gasteiger partial charge in [-0.1, -0.05) is 13.8 Å². The Kier molecular flexibility index (Phi) is 6.49. The van der Waals surface area contributed by atoms with Crippen LogP contribution in [0.15, 0.2) is 23.3 Å². The molecule has 0 amide bonds. The number of piperazine rings is 1. The standard InChI is InChI=1S/C16H26N4O2/c1-3-9-21-15-12-14(20-7-5-18-6-8-20)16(22-10-4-2)11-13(15)19-17/h12,18H,3-11H2,1-2H3. The fourth-order valence-electron chi connectivity index (χ4n) is 2.56. The van der Waals surface area contributed by atoms with Gasteiger partial charge in [0.1, 0.15) is 12.2 Å². The number of hydrogen-bond acceptors (Lipinski definition) is 4. The summed E-state index contributed by atoms with van der Waals surface area (Å²) in [5, 5.41) is 3.36. The predicted octanol–water partition coefficient (Wildman–Crippen LogP) is 1.91. The van der Waals surface area contributed by atoms with E-state index in [-0.39, 0.29) is 0 Å². The Labute approximate surface area is 132 Å². The number of nitrogens with one attached hydrogen (secondary N) is 1. The highest BCUT2D eigenvalue weighted by atomic mass is 16.5. The van der Waals surface area contributed by atoms with Crippen molar-refractivity contribution >= 4 is 5.71 Å². The maximum absolute atomic E-state index is 9.27. The van der Waals surface area contributed by atoms with Crippen LogP contribution < -0.4 is 5.32 Å². The van der Waals surface area contributed by atoms with E-state index in [4.69, 9.17) is 9.47 Å². The molecule has 122 valence electrons. The van der Waals surface area contributed by atoms with Gasteiger partial charge in [-0.15, -0.1) is 0 Å². The van der Waals surface area contributed by atoms with E-state index in [1.807, 2.05) is 6.08 Å². The fraction of sp³-hybridized carbons (Fsp3) is 0.688. The number of nitrogens with zero attached hydrogens (tertiary/aromatic N) is 3. The van der Waals surface area contributed by atoms with Gasteiger partial charge in [-0.3, -0.25) is 0 Å². The third-order valence-corrected chi connectivity index (χ3v) is 3.69. The van der Waals surface area contributed by atoms with Gasteiger partial charge in [0, 0.05) is 32.3 Å². The van der Waals surface area contributed by atoms with Crippen LogP contribution in [-0.2, 0) is 9.47 Å². The molecule has 0 aromatic rings. The molecule has 0 spiro atoms. The highest BCUT2D eigenvalue weighted by molar-refractivity contribution is 5.97. The van der Waals surface area contributed by atoms with Gasteiger partial charge >= 0.3 is 5.71 Å². The molecule has 0 unspecified atom stereocenters. The summed E-state index contributed by atoms with van der Waals surface area (Å²) in [6, 6.07) is 0. The van der Waals surface area contributed by atoms with E-state index in [1.54, 1.807) is 0 Å². The Morgan fingerprint density at radius 3 is 2.50 bits per heavy atom. The minimum atomic E-state index is 0.477. The van der Waals surface area contributed by atoms with Gasteiger partial charge in [-0.05, 0) is 12.8 Å². The van der Waals surface area contributed by atoms with Crippen LogP contribution >= 0.6 is 0 Å². The molecule has 1 heterocycles. The first-order valence-corrected chi connectivity index (χ1v) is 8.17. The molecule has 6 nitrogen and oxygen atoms in total. The lowest BCUT2D eigenvalue weighted by Gasteiger charge is -2.33. The Hall–Kier alpha value is -1.78. The quantitative estimate of drug-likeness (QED) is 0.576. The molecule has 0 radical (unpaired) electrons. The van der Waals surface area contributed by atoms with E-state index >= 15 is 0 Å². The lowest BCUT2D eigenvalue weighted by Crippen LogP contribution is -2.43. The minimum absolute atomic E-state index is 0.477. The topological polar surface area (TPSA) is 70.1 Å². The molecule has 22 heavy (non-hydrogen) atoms. The third kappa shape index (κ3) is 4.12. The minimum Gasteiger partial charge on any atom is -0.495 e. The van der Waals surface area contributed by atoms with Crippen LogP contribution in [0.3, 0.4) is 0 Å². The zero-order valence-electron chi connectivity index (χ0n) is 13.6. The molecule has 1 aliphatic carbocycles. The summed E-state index contributed by atoms with van der Waals surface area (Å²) in [5.74, 6) is 1.53.